The highest BCUT2D eigenvalue weighted by Gasteiger charge is 2.25. The van der Waals surface area contributed by atoms with Crippen molar-refractivity contribution in [3.8, 4) is 0 Å². The molecule has 0 spiro atoms. The SMILES string of the molecule is c1cnc2c(C3CC3)cccc2c1. The van der Waals surface area contributed by atoms with Gasteiger partial charge in [-0.25, -0.2) is 0 Å². The van der Waals surface area contributed by atoms with Crippen LogP contribution in [-0.2, 0) is 0 Å². The molecule has 0 radical (unpaired) electrons. The van der Waals surface area contributed by atoms with Gasteiger partial charge in [-0.3, -0.25) is 4.98 Å². The summed E-state index contributed by atoms with van der Waals surface area (Å²) in [5.41, 5.74) is 2.64. The predicted molar refractivity (Wildman–Crippen MR) is 53.7 cm³/mol. The van der Waals surface area contributed by atoms with Crippen LogP contribution in [0, 0.1) is 0 Å². The number of fused-ring (bicyclic) bond motifs is 1. The minimum absolute atomic E-state index is 0.790. The molecule has 1 saturated carbocycles. The molecule has 1 aromatic heterocycles. The number of hydrogen-bond acceptors (Lipinski definition) is 1. The maximum atomic E-state index is 4.44. The lowest BCUT2D eigenvalue weighted by molar-refractivity contribution is 1.14. The summed E-state index contributed by atoms with van der Waals surface area (Å²) in [6.07, 6.45) is 4.57. The fraction of sp³-hybridized carbons (Fsp3) is 0.250. The molecule has 1 aliphatic rings. The molecule has 0 bridgehead atoms. The van der Waals surface area contributed by atoms with Gasteiger partial charge < -0.3 is 0 Å². The van der Waals surface area contributed by atoms with Gasteiger partial charge in [0.15, 0.2) is 0 Å². The first-order chi connectivity index (χ1) is 6.45. The van der Waals surface area contributed by atoms with Crippen LogP contribution in [0.4, 0.5) is 0 Å². The van der Waals surface area contributed by atoms with E-state index >= 15 is 0 Å². The third-order valence-electron chi connectivity index (χ3n) is 2.68. The molecule has 0 unspecified atom stereocenters. The Kier molecular flexibility index (Phi) is 1.39. The molecule has 1 heterocycles. The van der Waals surface area contributed by atoms with Crippen molar-refractivity contribution in [1.29, 1.82) is 0 Å². The van der Waals surface area contributed by atoms with Crippen molar-refractivity contribution in [1.82, 2.24) is 4.98 Å². The highest BCUT2D eigenvalue weighted by atomic mass is 14.7. The summed E-state index contributed by atoms with van der Waals surface area (Å²) in [5.74, 6) is 0.790. The molecule has 1 heteroatoms. The second-order valence-corrected chi connectivity index (χ2v) is 3.70. The summed E-state index contributed by atoms with van der Waals surface area (Å²) in [7, 11) is 0. The molecular formula is C12H11N. The zero-order valence-corrected chi connectivity index (χ0v) is 7.40. The van der Waals surface area contributed by atoms with Crippen molar-refractivity contribution < 1.29 is 0 Å². The fourth-order valence-corrected chi connectivity index (χ4v) is 1.85. The molecule has 64 valence electrons. The second-order valence-electron chi connectivity index (χ2n) is 3.70. The standard InChI is InChI=1S/C12H11N/c1-3-10-4-2-8-13-12(10)11(5-1)9-6-7-9/h1-5,8-9H,6-7H2. The predicted octanol–water partition coefficient (Wildman–Crippen LogP) is 3.11. The molecule has 1 nitrogen and oxygen atoms in total. The normalized spacial score (nSPS) is 16.3. The average molecular weight is 169 g/mol. The van der Waals surface area contributed by atoms with Crippen LogP contribution in [0.15, 0.2) is 36.5 Å². The Bertz CT molecular complexity index is 438. The molecule has 1 aliphatic carbocycles. The molecule has 0 saturated heterocycles. The van der Waals surface area contributed by atoms with Gasteiger partial charge in [-0.1, -0.05) is 24.3 Å². The lowest BCUT2D eigenvalue weighted by atomic mass is 10.1. The Morgan fingerprint density at radius 2 is 1.92 bits per heavy atom. The Hall–Kier alpha value is -1.37. The van der Waals surface area contributed by atoms with Crippen molar-refractivity contribution in [2.75, 3.05) is 0 Å². The first-order valence-electron chi connectivity index (χ1n) is 4.79. The topological polar surface area (TPSA) is 12.9 Å². The van der Waals surface area contributed by atoms with Crippen LogP contribution in [0.5, 0.6) is 0 Å². The van der Waals surface area contributed by atoms with Crippen LogP contribution in [0.1, 0.15) is 24.3 Å². The van der Waals surface area contributed by atoms with Gasteiger partial charge in [0, 0.05) is 11.6 Å². The molecule has 0 aliphatic heterocycles. The highest BCUT2D eigenvalue weighted by Crippen LogP contribution is 2.42. The van der Waals surface area contributed by atoms with E-state index in [9.17, 15) is 0 Å². The van der Waals surface area contributed by atoms with Crippen LogP contribution < -0.4 is 0 Å². The van der Waals surface area contributed by atoms with Gasteiger partial charge in [-0.05, 0) is 30.4 Å². The van der Waals surface area contributed by atoms with E-state index in [2.05, 4.69) is 29.2 Å². The number of aromatic nitrogens is 1. The molecule has 3 rings (SSSR count). The Labute approximate surface area is 77.4 Å². The number of benzene rings is 1. The lowest BCUT2D eigenvalue weighted by Gasteiger charge is -2.02. The van der Waals surface area contributed by atoms with Crippen molar-refractivity contribution in [3.05, 3.63) is 42.1 Å². The van der Waals surface area contributed by atoms with E-state index in [1.54, 1.807) is 0 Å². The van der Waals surface area contributed by atoms with Crippen molar-refractivity contribution >= 4 is 10.9 Å². The third-order valence-corrected chi connectivity index (χ3v) is 2.68. The molecule has 1 aromatic carbocycles. The summed E-state index contributed by atoms with van der Waals surface area (Å²) >= 11 is 0. The van der Waals surface area contributed by atoms with E-state index in [1.165, 1.54) is 29.3 Å². The van der Waals surface area contributed by atoms with Gasteiger partial charge in [-0.2, -0.15) is 0 Å². The number of rotatable bonds is 1. The molecular weight excluding hydrogens is 158 g/mol. The van der Waals surface area contributed by atoms with E-state index in [1.807, 2.05) is 12.3 Å². The van der Waals surface area contributed by atoms with Crippen LogP contribution in [0.2, 0.25) is 0 Å². The number of hydrogen-bond donors (Lipinski definition) is 0. The minimum atomic E-state index is 0.790. The highest BCUT2D eigenvalue weighted by molar-refractivity contribution is 5.82. The summed E-state index contributed by atoms with van der Waals surface area (Å²) in [6, 6.07) is 10.6. The molecule has 13 heavy (non-hydrogen) atoms. The maximum absolute atomic E-state index is 4.44. The van der Waals surface area contributed by atoms with E-state index < -0.39 is 0 Å². The van der Waals surface area contributed by atoms with Crippen molar-refractivity contribution in [2.24, 2.45) is 0 Å². The quantitative estimate of drug-likeness (QED) is 0.639. The number of nitrogens with zero attached hydrogens (tertiary/aromatic N) is 1. The van der Waals surface area contributed by atoms with Crippen molar-refractivity contribution in [3.63, 3.8) is 0 Å². The summed E-state index contributed by atoms with van der Waals surface area (Å²) in [6.45, 7) is 0. The van der Waals surface area contributed by atoms with E-state index in [4.69, 9.17) is 0 Å². The monoisotopic (exact) mass is 169 g/mol. The maximum Gasteiger partial charge on any atom is 0.0736 e. The van der Waals surface area contributed by atoms with Gasteiger partial charge in [0.05, 0.1) is 5.52 Å². The summed E-state index contributed by atoms with van der Waals surface area (Å²) in [5, 5.41) is 1.27. The number of para-hydroxylation sites is 1. The smallest absolute Gasteiger partial charge is 0.0736 e. The van der Waals surface area contributed by atoms with Crippen LogP contribution in [0.3, 0.4) is 0 Å². The van der Waals surface area contributed by atoms with Gasteiger partial charge in [0.1, 0.15) is 0 Å². The Morgan fingerprint density at radius 3 is 2.77 bits per heavy atom. The zero-order valence-electron chi connectivity index (χ0n) is 7.40. The van der Waals surface area contributed by atoms with Gasteiger partial charge in [-0.15, -0.1) is 0 Å². The van der Waals surface area contributed by atoms with Crippen LogP contribution in [-0.4, -0.2) is 4.98 Å². The molecule has 1 fully saturated rings. The van der Waals surface area contributed by atoms with Crippen LogP contribution >= 0.6 is 0 Å². The summed E-state index contributed by atoms with van der Waals surface area (Å²) in [4.78, 5) is 4.44. The average Bonchev–Trinajstić information content (AvgIpc) is 3.00. The number of pyridine rings is 1. The minimum Gasteiger partial charge on any atom is -0.256 e. The Morgan fingerprint density at radius 1 is 1.08 bits per heavy atom. The van der Waals surface area contributed by atoms with Gasteiger partial charge in [0.2, 0.25) is 0 Å². The van der Waals surface area contributed by atoms with E-state index in [0.29, 0.717) is 0 Å². The molecule has 2 aromatic rings. The van der Waals surface area contributed by atoms with E-state index in [-0.39, 0.29) is 0 Å². The first kappa shape index (κ1) is 7.07. The van der Waals surface area contributed by atoms with Gasteiger partial charge >= 0.3 is 0 Å². The Balaban J connectivity index is 2.32. The van der Waals surface area contributed by atoms with Crippen molar-refractivity contribution in [2.45, 2.75) is 18.8 Å². The first-order valence-corrected chi connectivity index (χ1v) is 4.79. The molecule has 0 N–H and O–H groups in total. The summed E-state index contributed by atoms with van der Waals surface area (Å²) < 4.78 is 0. The molecule has 0 amide bonds. The lowest BCUT2D eigenvalue weighted by Crippen LogP contribution is -1.85. The largest absolute Gasteiger partial charge is 0.256 e. The third kappa shape index (κ3) is 1.12. The molecule has 0 atom stereocenters. The van der Waals surface area contributed by atoms with E-state index in [0.717, 1.165) is 5.92 Å². The van der Waals surface area contributed by atoms with Gasteiger partial charge in [0.25, 0.3) is 0 Å². The second kappa shape index (κ2) is 2.56. The zero-order chi connectivity index (χ0) is 8.67. The fourth-order valence-electron chi connectivity index (χ4n) is 1.85. The van der Waals surface area contributed by atoms with Crippen LogP contribution in [0.25, 0.3) is 10.9 Å².